The van der Waals surface area contributed by atoms with Gasteiger partial charge in [-0.05, 0) is 22.1 Å². The number of carboxylic acids is 1. The van der Waals surface area contributed by atoms with Crippen LogP contribution in [0.25, 0.3) is 5.65 Å². The summed E-state index contributed by atoms with van der Waals surface area (Å²) in [6, 6.07) is 1.76. The number of methoxy groups -OCH3 is 1. The van der Waals surface area contributed by atoms with Crippen LogP contribution in [0.5, 0.6) is 0 Å². The van der Waals surface area contributed by atoms with Gasteiger partial charge < -0.3 is 14.2 Å². The van der Waals surface area contributed by atoms with Crippen LogP contribution in [0.2, 0.25) is 0 Å². The highest BCUT2D eigenvalue weighted by Crippen LogP contribution is 2.25. The van der Waals surface area contributed by atoms with E-state index < -0.39 is 5.97 Å². The van der Waals surface area contributed by atoms with Crippen molar-refractivity contribution in [1.29, 1.82) is 0 Å². The number of aromatic amines is 1. The van der Waals surface area contributed by atoms with Crippen LogP contribution in [0, 0.1) is 0 Å². The quantitative estimate of drug-likeness (QED) is 0.696. The molecule has 1 unspecified atom stereocenters. The number of halogens is 1. The Labute approximate surface area is 132 Å². The lowest BCUT2D eigenvalue weighted by Gasteiger charge is -2.13. The number of fused-ring (bicyclic) bond motifs is 1. The molecule has 0 amide bonds. The van der Waals surface area contributed by atoms with Gasteiger partial charge in [0.15, 0.2) is 11.5 Å². The van der Waals surface area contributed by atoms with Crippen molar-refractivity contribution in [3.63, 3.8) is 0 Å². The maximum atomic E-state index is 11.0. The third-order valence-corrected chi connectivity index (χ3v) is 3.93. The molecule has 3 rings (SSSR count). The van der Waals surface area contributed by atoms with Gasteiger partial charge in [0.05, 0.1) is 0 Å². The number of hydrogen-bond acceptors (Lipinski definition) is 6. The first-order valence-electron chi connectivity index (χ1n) is 6.25. The lowest BCUT2D eigenvalue weighted by atomic mass is 10.1. The van der Waals surface area contributed by atoms with Crippen molar-refractivity contribution >= 4 is 27.5 Å². The molecule has 1 atom stereocenters. The summed E-state index contributed by atoms with van der Waals surface area (Å²) in [5.41, 5.74) is 1.44. The van der Waals surface area contributed by atoms with Gasteiger partial charge in [-0.25, -0.2) is 14.9 Å². The molecule has 114 valence electrons. The van der Waals surface area contributed by atoms with E-state index in [4.69, 9.17) is 9.84 Å². The van der Waals surface area contributed by atoms with Crippen LogP contribution >= 0.6 is 15.9 Å². The maximum Gasteiger partial charge on any atom is 0.356 e. The number of hydrogen-bond donors (Lipinski definition) is 2. The first-order chi connectivity index (χ1) is 10.6. The molecular weight excluding hydrogens is 356 g/mol. The highest BCUT2D eigenvalue weighted by Gasteiger charge is 2.18. The van der Waals surface area contributed by atoms with Crippen LogP contribution in [0.3, 0.4) is 0 Å². The van der Waals surface area contributed by atoms with Crippen LogP contribution in [0.1, 0.15) is 28.0 Å². The van der Waals surface area contributed by atoms with E-state index in [1.165, 1.54) is 6.20 Å². The zero-order valence-corrected chi connectivity index (χ0v) is 13.0. The Morgan fingerprint density at radius 1 is 1.55 bits per heavy atom. The number of tetrazole rings is 1. The number of carbonyl (C=O) groups is 1. The van der Waals surface area contributed by atoms with Crippen molar-refractivity contribution in [3.8, 4) is 0 Å². The molecule has 3 heterocycles. The summed E-state index contributed by atoms with van der Waals surface area (Å²) in [5, 5.41) is 22.6. The Hall–Kier alpha value is -2.33. The number of carboxylic acid groups (broad SMARTS) is 1. The number of rotatable bonds is 5. The molecule has 22 heavy (non-hydrogen) atoms. The third kappa shape index (κ3) is 2.70. The monoisotopic (exact) mass is 366 g/mol. The maximum absolute atomic E-state index is 11.0. The second-order valence-corrected chi connectivity index (χ2v) is 5.41. The second-order valence-electron chi connectivity index (χ2n) is 4.56. The number of aromatic carboxylic acids is 1. The molecule has 0 saturated carbocycles. The van der Waals surface area contributed by atoms with Crippen LogP contribution in [0.15, 0.2) is 22.9 Å². The predicted octanol–water partition coefficient (Wildman–Crippen LogP) is 1.24. The lowest BCUT2D eigenvalue weighted by Crippen LogP contribution is -2.08. The minimum Gasteiger partial charge on any atom is -0.476 e. The van der Waals surface area contributed by atoms with Crippen molar-refractivity contribution in [2.45, 2.75) is 12.5 Å². The average Bonchev–Trinajstić information content (AvgIpc) is 3.13. The zero-order valence-electron chi connectivity index (χ0n) is 11.4. The number of aromatic nitrogens is 6. The minimum atomic E-state index is -1.07. The Balaban J connectivity index is 1.96. The molecule has 9 nitrogen and oxygen atoms in total. The average molecular weight is 367 g/mol. The van der Waals surface area contributed by atoms with E-state index in [0.29, 0.717) is 17.9 Å². The standard InChI is InChI=1S/C12H11BrN6O3/c1-22-9(11-15-17-18-16-11)2-6-4-19-5-8(12(20)21)14-10(19)3-7(6)13/h3-5,9H,2H2,1H3,(H,20,21)(H,15,16,17,18). The number of pyridine rings is 1. The molecule has 10 heteroatoms. The molecule has 0 bridgehead atoms. The van der Waals surface area contributed by atoms with Gasteiger partial charge in [0, 0.05) is 30.4 Å². The molecule has 0 aliphatic heterocycles. The SMILES string of the molecule is COC(Cc1cn2cc(C(=O)O)nc2cc1Br)c1nnn[nH]1. The van der Waals surface area contributed by atoms with Gasteiger partial charge in [-0.15, -0.1) is 5.10 Å². The Morgan fingerprint density at radius 3 is 3.00 bits per heavy atom. The normalized spacial score (nSPS) is 12.6. The predicted molar refractivity (Wildman–Crippen MR) is 77.5 cm³/mol. The molecule has 0 aliphatic rings. The third-order valence-electron chi connectivity index (χ3n) is 3.19. The van der Waals surface area contributed by atoms with Gasteiger partial charge in [-0.3, -0.25) is 0 Å². The summed E-state index contributed by atoms with van der Waals surface area (Å²) in [6.45, 7) is 0. The molecule has 0 aliphatic carbocycles. The van der Waals surface area contributed by atoms with Gasteiger partial charge in [0.25, 0.3) is 0 Å². The zero-order chi connectivity index (χ0) is 15.7. The molecule has 0 radical (unpaired) electrons. The highest BCUT2D eigenvalue weighted by atomic mass is 79.9. The summed E-state index contributed by atoms with van der Waals surface area (Å²) in [6.07, 6.45) is 3.43. The van der Waals surface area contributed by atoms with Crippen molar-refractivity contribution < 1.29 is 14.6 Å². The van der Waals surface area contributed by atoms with Gasteiger partial charge >= 0.3 is 5.97 Å². The van der Waals surface area contributed by atoms with Crippen LogP contribution in [-0.4, -0.2) is 48.2 Å². The van der Waals surface area contributed by atoms with E-state index >= 15 is 0 Å². The number of H-pyrrole nitrogens is 1. The van der Waals surface area contributed by atoms with Crippen molar-refractivity contribution in [1.82, 2.24) is 30.0 Å². The topological polar surface area (TPSA) is 118 Å². The van der Waals surface area contributed by atoms with E-state index in [9.17, 15) is 4.79 Å². The van der Waals surface area contributed by atoms with Gasteiger partial charge in [0.1, 0.15) is 11.8 Å². The first-order valence-corrected chi connectivity index (χ1v) is 7.04. The fourth-order valence-electron chi connectivity index (χ4n) is 2.10. The van der Waals surface area contributed by atoms with Crippen molar-refractivity contribution in [2.75, 3.05) is 7.11 Å². The highest BCUT2D eigenvalue weighted by molar-refractivity contribution is 9.10. The fraction of sp³-hybridized carbons (Fsp3) is 0.250. The molecule has 0 saturated heterocycles. The summed E-state index contributed by atoms with van der Waals surface area (Å²) in [5.74, 6) is -0.546. The van der Waals surface area contributed by atoms with Crippen LogP contribution < -0.4 is 0 Å². The van der Waals surface area contributed by atoms with Gasteiger partial charge in [0.2, 0.25) is 0 Å². The first kappa shape index (κ1) is 14.6. The van der Waals surface area contributed by atoms with E-state index in [-0.39, 0.29) is 11.8 Å². The summed E-state index contributed by atoms with van der Waals surface area (Å²) in [7, 11) is 1.57. The molecule has 3 aromatic rings. The summed E-state index contributed by atoms with van der Waals surface area (Å²) < 4.78 is 7.86. The second kappa shape index (κ2) is 5.81. The molecule has 0 fully saturated rings. The molecule has 2 N–H and O–H groups in total. The Kier molecular flexibility index (Phi) is 3.86. The molecule has 0 aromatic carbocycles. The van der Waals surface area contributed by atoms with Crippen molar-refractivity contribution in [2.24, 2.45) is 0 Å². The minimum absolute atomic E-state index is 0.00761. The lowest BCUT2D eigenvalue weighted by molar-refractivity contribution is 0.0691. The fourth-order valence-corrected chi connectivity index (χ4v) is 2.57. The Bertz CT molecular complexity index is 816. The molecular formula is C12H11BrN6O3. The summed E-state index contributed by atoms with van der Waals surface area (Å²) >= 11 is 3.47. The van der Waals surface area contributed by atoms with E-state index in [2.05, 4.69) is 41.5 Å². The van der Waals surface area contributed by atoms with Crippen molar-refractivity contribution in [3.05, 3.63) is 40.0 Å². The number of imidazole rings is 1. The largest absolute Gasteiger partial charge is 0.476 e. The number of nitrogens with one attached hydrogen (secondary N) is 1. The number of ether oxygens (including phenoxy) is 1. The van der Waals surface area contributed by atoms with Gasteiger partial charge in [-0.1, -0.05) is 15.9 Å². The van der Waals surface area contributed by atoms with Crippen LogP contribution in [-0.2, 0) is 11.2 Å². The van der Waals surface area contributed by atoms with E-state index in [1.807, 2.05) is 0 Å². The van der Waals surface area contributed by atoms with E-state index in [1.54, 1.807) is 23.8 Å². The molecule has 0 spiro atoms. The smallest absolute Gasteiger partial charge is 0.356 e. The summed E-state index contributed by atoms with van der Waals surface area (Å²) in [4.78, 5) is 15.0. The van der Waals surface area contributed by atoms with E-state index in [0.717, 1.165) is 10.0 Å². The molecule has 3 aromatic heterocycles. The van der Waals surface area contributed by atoms with Gasteiger partial charge in [-0.2, -0.15) is 0 Å². The van der Waals surface area contributed by atoms with Crippen LogP contribution in [0.4, 0.5) is 0 Å². The Morgan fingerprint density at radius 2 is 2.36 bits per heavy atom. The number of nitrogens with zero attached hydrogens (tertiary/aromatic N) is 5.